The fraction of sp³-hybridized carbons (Fsp3) is 0.571. The molecule has 3 rings (SSSR count). The van der Waals surface area contributed by atoms with Crippen molar-refractivity contribution in [2.24, 2.45) is 5.92 Å². The molecule has 1 saturated carbocycles. The number of rotatable bonds is 9. The van der Waals surface area contributed by atoms with Crippen LogP contribution in [0.4, 0.5) is 0 Å². The maximum Gasteiger partial charge on any atom is 0.327 e. The van der Waals surface area contributed by atoms with Crippen molar-refractivity contribution in [1.29, 1.82) is 0 Å². The van der Waals surface area contributed by atoms with Gasteiger partial charge in [-0.3, -0.25) is 14.9 Å². The average molecular weight is 415 g/mol. The molecule has 9 nitrogen and oxygen atoms in total. The number of tetrazole rings is 1. The number of nitrogens with zero attached hydrogens (tertiary/aromatic N) is 4. The van der Waals surface area contributed by atoms with Crippen LogP contribution in [-0.2, 0) is 20.9 Å². The van der Waals surface area contributed by atoms with Gasteiger partial charge < -0.3 is 9.84 Å². The molecule has 1 fully saturated rings. The Morgan fingerprint density at radius 2 is 2.07 bits per heavy atom. The van der Waals surface area contributed by atoms with Gasteiger partial charge in [-0.2, -0.15) is 0 Å². The van der Waals surface area contributed by atoms with Gasteiger partial charge in [0.2, 0.25) is 0 Å². The summed E-state index contributed by atoms with van der Waals surface area (Å²) >= 11 is 0. The molecular formula is C21H29N5O4. The van der Waals surface area contributed by atoms with E-state index in [9.17, 15) is 14.7 Å². The molecule has 1 aliphatic rings. The topological polar surface area (TPSA) is 119 Å². The number of aliphatic carboxylic acids is 1. The highest BCUT2D eigenvalue weighted by Gasteiger charge is 2.32. The molecule has 2 atom stereocenters. The van der Waals surface area contributed by atoms with Crippen molar-refractivity contribution in [3.05, 3.63) is 41.2 Å². The zero-order valence-electron chi connectivity index (χ0n) is 17.5. The van der Waals surface area contributed by atoms with E-state index in [0.717, 1.165) is 36.8 Å². The number of ether oxygens (including phenoxy) is 1. The number of carboxylic acids is 1. The van der Waals surface area contributed by atoms with Crippen molar-refractivity contribution in [3.63, 3.8) is 0 Å². The Hall–Kier alpha value is -2.81. The van der Waals surface area contributed by atoms with E-state index < -0.39 is 18.0 Å². The van der Waals surface area contributed by atoms with Crippen molar-refractivity contribution >= 4 is 11.9 Å². The van der Waals surface area contributed by atoms with Gasteiger partial charge in [0.15, 0.2) is 5.82 Å². The first-order valence-electron chi connectivity index (χ1n) is 10.3. The van der Waals surface area contributed by atoms with Crippen molar-refractivity contribution in [3.8, 4) is 0 Å². The first-order chi connectivity index (χ1) is 14.5. The van der Waals surface area contributed by atoms with Crippen LogP contribution in [0.15, 0.2) is 24.3 Å². The summed E-state index contributed by atoms with van der Waals surface area (Å²) in [5.41, 5.74) is 1.97. The molecule has 2 aromatic rings. The molecule has 9 heteroatoms. The van der Waals surface area contributed by atoms with Crippen molar-refractivity contribution in [2.45, 2.75) is 64.1 Å². The number of esters is 1. The van der Waals surface area contributed by atoms with E-state index in [1.54, 1.807) is 0 Å². The van der Waals surface area contributed by atoms with Crippen LogP contribution in [0.2, 0.25) is 0 Å². The summed E-state index contributed by atoms with van der Waals surface area (Å²) in [6, 6.07) is 7.17. The molecule has 0 bridgehead atoms. The third kappa shape index (κ3) is 5.63. The molecule has 2 unspecified atom stereocenters. The summed E-state index contributed by atoms with van der Waals surface area (Å²) < 4.78 is 6.22. The van der Waals surface area contributed by atoms with Crippen LogP contribution in [0, 0.1) is 12.8 Å². The number of hydrogen-bond acceptors (Lipinski definition) is 7. The number of carbonyl (C=O) groups is 2. The summed E-state index contributed by atoms with van der Waals surface area (Å²) in [5.74, 6) is -0.533. The summed E-state index contributed by atoms with van der Waals surface area (Å²) in [6.07, 6.45) is 5.33. The Labute approximate surface area is 175 Å². The van der Waals surface area contributed by atoms with Gasteiger partial charge in [0.1, 0.15) is 6.54 Å². The number of aryl methyl sites for hydroxylation is 1. The van der Waals surface area contributed by atoms with Gasteiger partial charge in [-0.05, 0) is 41.7 Å². The molecule has 0 aliphatic heterocycles. The largest absolute Gasteiger partial charge is 0.481 e. The molecule has 2 N–H and O–H groups in total. The lowest BCUT2D eigenvalue weighted by molar-refractivity contribution is -0.141. The molecule has 0 amide bonds. The summed E-state index contributed by atoms with van der Waals surface area (Å²) in [4.78, 5) is 23.4. The smallest absolute Gasteiger partial charge is 0.327 e. The van der Waals surface area contributed by atoms with Gasteiger partial charge in [0.05, 0.1) is 19.6 Å². The number of aromatic nitrogens is 4. The molecule has 0 radical (unpaired) electrons. The Kier molecular flexibility index (Phi) is 7.51. The molecule has 0 spiro atoms. The van der Waals surface area contributed by atoms with Crippen molar-refractivity contribution < 1.29 is 19.4 Å². The maximum absolute atomic E-state index is 11.8. The highest BCUT2D eigenvalue weighted by atomic mass is 16.5. The Morgan fingerprint density at radius 1 is 1.30 bits per heavy atom. The maximum atomic E-state index is 11.8. The quantitative estimate of drug-likeness (QED) is 0.600. The zero-order chi connectivity index (χ0) is 21.5. The van der Waals surface area contributed by atoms with Crippen LogP contribution < -0.4 is 5.32 Å². The second kappa shape index (κ2) is 10.3. The number of carbonyl (C=O) groups excluding carboxylic acids is 1. The van der Waals surface area contributed by atoms with Gasteiger partial charge in [-0.1, -0.05) is 49.1 Å². The van der Waals surface area contributed by atoms with E-state index in [2.05, 4.69) is 20.8 Å². The number of methoxy groups -OCH3 is 1. The zero-order valence-corrected chi connectivity index (χ0v) is 17.5. The van der Waals surface area contributed by atoms with E-state index in [-0.39, 0.29) is 24.9 Å². The predicted octanol–water partition coefficient (Wildman–Crippen LogP) is 2.58. The van der Waals surface area contributed by atoms with Gasteiger partial charge in [-0.25, -0.2) is 4.68 Å². The molecule has 0 saturated heterocycles. The second-order valence-corrected chi connectivity index (χ2v) is 7.88. The number of carboxylic acid groups (broad SMARTS) is 1. The van der Waals surface area contributed by atoms with Crippen LogP contribution in [0.25, 0.3) is 0 Å². The highest BCUT2D eigenvalue weighted by molar-refractivity contribution is 5.69. The van der Waals surface area contributed by atoms with E-state index >= 15 is 0 Å². The molecular weight excluding hydrogens is 386 g/mol. The first kappa shape index (κ1) is 21.9. The van der Waals surface area contributed by atoms with Gasteiger partial charge in [-0.15, -0.1) is 5.10 Å². The van der Waals surface area contributed by atoms with E-state index in [0.29, 0.717) is 5.82 Å². The summed E-state index contributed by atoms with van der Waals surface area (Å²) in [6.45, 7) is 1.90. The second-order valence-electron chi connectivity index (χ2n) is 7.88. The molecule has 1 aromatic carbocycles. The van der Waals surface area contributed by atoms with E-state index in [4.69, 9.17) is 4.74 Å². The fourth-order valence-corrected chi connectivity index (χ4v) is 4.17. The third-order valence-corrected chi connectivity index (χ3v) is 5.67. The van der Waals surface area contributed by atoms with Crippen LogP contribution in [0.5, 0.6) is 0 Å². The van der Waals surface area contributed by atoms with Crippen molar-refractivity contribution in [1.82, 2.24) is 25.5 Å². The lowest BCUT2D eigenvalue weighted by Gasteiger charge is -2.33. The minimum atomic E-state index is -0.884. The summed E-state index contributed by atoms with van der Waals surface area (Å²) in [7, 11) is 1.32. The van der Waals surface area contributed by atoms with Gasteiger partial charge >= 0.3 is 11.9 Å². The standard InChI is InChI=1S/C21H29N5O4/c1-14-7-6-10-16(11-14)17(12-18(27)28)22-20(15-8-4-3-5-9-15)21-23-24-25-26(21)13-19(29)30-2/h6-7,10-11,15,17,20,22H,3-5,8-9,12-13H2,1-2H3,(H,27,28). The average Bonchev–Trinajstić information content (AvgIpc) is 3.19. The fourth-order valence-electron chi connectivity index (χ4n) is 4.17. The molecule has 30 heavy (non-hydrogen) atoms. The van der Waals surface area contributed by atoms with E-state index in [1.165, 1.54) is 18.2 Å². The number of nitrogens with one attached hydrogen (secondary N) is 1. The Balaban J connectivity index is 1.94. The SMILES string of the molecule is COC(=O)Cn1nnnc1C(NC(CC(=O)O)c1cccc(C)c1)C1CCCCC1. The van der Waals surface area contributed by atoms with Crippen LogP contribution in [0.1, 0.15) is 67.6 Å². The van der Waals surface area contributed by atoms with E-state index in [1.807, 2.05) is 31.2 Å². The normalized spacial score (nSPS) is 16.7. The molecule has 1 aromatic heterocycles. The van der Waals surface area contributed by atoms with Gasteiger partial charge in [0, 0.05) is 6.04 Å². The predicted molar refractivity (Wildman–Crippen MR) is 108 cm³/mol. The monoisotopic (exact) mass is 415 g/mol. The minimum Gasteiger partial charge on any atom is -0.481 e. The third-order valence-electron chi connectivity index (χ3n) is 5.67. The highest BCUT2D eigenvalue weighted by Crippen LogP contribution is 2.36. The van der Waals surface area contributed by atoms with Crippen LogP contribution in [0.3, 0.4) is 0 Å². The lowest BCUT2D eigenvalue weighted by atomic mass is 9.82. The summed E-state index contributed by atoms with van der Waals surface area (Å²) in [5, 5.41) is 25.0. The molecule has 1 aliphatic carbocycles. The van der Waals surface area contributed by atoms with Gasteiger partial charge in [0.25, 0.3) is 0 Å². The number of hydrogen-bond donors (Lipinski definition) is 2. The van der Waals surface area contributed by atoms with Crippen LogP contribution in [-0.4, -0.2) is 44.4 Å². The molecule has 162 valence electrons. The number of benzene rings is 1. The molecule has 1 heterocycles. The van der Waals surface area contributed by atoms with Crippen LogP contribution >= 0.6 is 0 Å². The minimum absolute atomic E-state index is 0.0642. The lowest BCUT2D eigenvalue weighted by Crippen LogP contribution is -2.36. The van der Waals surface area contributed by atoms with Crippen molar-refractivity contribution in [2.75, 3.05) is 7.11 Å². The Bertz CT molecular complexity index is 863. The first-order valence-corrected chi connectivity index (χ1v) is 10.3. The Morgan fingerprint density at radius 3 is 2.73 bits per heavy atom.